The van der Waals surface area contributed by atoms with E-state index < -0.39 is 172 Å². The van der Waals surface area contributed by atoms with E-state index in [0.29, 0.717) is 38.5 Å². The number of aliphatic carboxylic acids is 1. The van der Waals surface area contributed by atoms with Crippen molar-refractivity contribution >= 4 is 59.7 Å². The number of carboxylic acid groups (broad SMARTS) is 1. The lowest BCUT2D eigenvalue weighted by Crippen LogP contribution is -2.67. The molecule has 0 aromatic heterocycles. The van der Waals surface area contributed by atoms with Crippen LogP contribution in [0.15, 0.2) is 243 Å². The van der Waals surface area contributed by atoms with E-state index in [0.717, 1.165) is 6.92 Å². The van der Waals surface area contributed by atoms with Gasteiger partial charge in [0.25, 0.3) is 0 Å². The molecule has 0 aliphatic carbocycles. The summed E-state index contributed by atoms with van der Waals surface area (Å²) in [5.74, 6) is -9.90. The van der Waals surface area contributed by atoms with Crippen molar-refractivity contribution in [3.05, 3.63) is 287 Å². The largest absolute Gasteiger partial charge is 0.481 e. The number of hydrogen-bond donors (Lipinski definition) is 2. The first-order valence-corrected chi connectivity index (χ1v) is 36.4. The van der Waals surface area contributed by atoms with Crippen molar-refractivity contribution in [1.82, 2.24) is 0 Å². The summed E-state index contributed by atoms with van der Waals surface area (Å²) in [5.41, 5.74) is 0.0284. The molecular formula is C85H82O27. The topological polar surface area (TPSA) is 350 Å². The van der Waals surface area contributed by atoms with Gasteiger partial charge < -0.3 is 81.3 Å². The van der Waals surface area contributed by atoms with Crippen molar-refractivity contribution in [2.45, 2.75) is 144 Å². The summed E-state index contributed by atoms with van der Waals surface area (Å²) in [5, 5.41) is 22.5. The molecular weight excluding hydrogens is 1450 g/mol. The highest BCUT2D eigenvalue weighted by atomic mass is 16.8. The van der Waals surface area contributed by atoms with Gasteiger partial charge in [0.05, 0.1) is 51.1 Å². The Hall–Kier alpha value is -11.8. The summed E-state index contributed by atoms with van der Waals surface area (Å²) >= 11 is 0. The van der Waals surface area contributed by atoms with Gasteiger partial charge in [0.2, 0.25) is 0 Å². The van der Waals surface area contributed by atoms with Gasteiger partial charge in [-0.3, -0.25) is 9.59 Å². The summed E-state index contributed by atoms with van der Waals surface area (Å²) in [6.07, 6.45) is -25.7. The zero-order chi connectivity index (χ0) is 78.7. The highest BCUT2D eigenvalue weighted by Crippen LogP contribution is 2.38. The number of benzene rings is 8. The third kappa shape index (κ3) is 22.5. The van der Waals surface area contributed by atoms with E-state index in [1.54, 1.807) is 133 Å². The van der Waals surface area contributed by atoms with Crippen LogP contribution in [-0.4, -0.2) is 188 Å². The summed E-state index contributed by atoms with van der Waals surface area (Å²) in [7, 11) is 0. The second kappa shape index (κ2) is 40.7. The first-order valence-electron chi connectivity index (χ1n) is 36.4. The van der Waals surface area contributed by atoms with Crippen LogP contribution in [0, 0.1) is 0 Å². The van der Waals surface area contributed by atoms with Crippen LogP contribution in [-0.2, 0) is 80.6 Å². The number of rotatable bonds is 34. The molecule has 15 unspecified atom stereocenters. The number of carbonyl (C=O) groups excluding carboxylic acids is 9. The summed E-state index contributed by atoms with van der Waals surface area (Å²) < 4.78 is 95.8. The highest BCUT2D eigenvalue weighted by Gasteiger charge is 2.59. The fourth-order valence-corrected chi connectivity index (χ4v) is 12.6. The zero-order valence-corrected chi connectivity index (χ0v) is 60.6. The lowest BCUT2D eigenvalue weighted by atomic mass is 9.95. The van der Waals surface area contributed by atoms with Gasteiger partial charge in [-0.25, -0.2) is 38.4 Å². The summed E-state index contributed by atoms with van der Waals surface area (Å²) in [6, 6.07) is 61.2. The minimum Gasteiger partial charge on any atom is -0.481 e. The molecule has 584 valence electrons. The molecule has 0 radical (unpaired) electrons. The molecule has 3 aliphatic rings. The monoisotopic (exact) mass is 1530 g/mol. The van der Waals surface area contributed by atoms with Crippen LogP contribution in [0.25, 0.3) is 0 Å². The van der Waals surface area contributed by atoms with Crippen molar-refractivity contribution < 1.29 is 129 Å². The van der Waals surface area contributed by atoms with E-state index in [2.05, 4.69) is 0 Å². The summed E-state index contributed by atoms with van der Waals surface area (Å²) in [4.78, 5) is 141. The van der Waals surface area contributed by atoms with Gasteiger partial charge in [-0.2, -0.15) is 0 Å². The normalized spacial score (nSPS) is 23.2. The lowest BCUT2D eigenvalue weighted by molar-refractivity contribution is -0.365. The number of carboxylic acids is 1. The predicted molar refractivity (Wildman–Crippen MR) is 392 cm³/mol. The molecule has 11 rings (SSSR count). The number of carbonyl (C=O) groups is 10. The van der Waals surface area contributed by atoms with Crippen molar-refractivity contribution in [1.29, 1.82) is 0 Å². The molecule has 8 aromatic rings. The molecule has 3 aliphatic heterocycles. The van der Waals surface area contributed by atoms with Crippen LogP contribution in [0.4, 0.5) is 0 Å². The third-order valence-electron chi connectivity index (χ3n) is 18.2. The van der Waals surface area contributed by atoms with E-state index in [1.165, 1.54) is 109 Å². The van der Waals surface area contributed by atoms with Gasteiger partial charge in [-0.15, -0.1) is 0 Å². The van der Waals surface area contributed by atoms with Gasteiger partial charge >= 0.3 is 59.7 Å². The first-order chi connectivity index (χ1) is 54.5. The Balaban J connectivity index is 1.01. The van der Waals surface area contributed by atoms with E-state index in [4.69, 9.17) is 71.1 Å². The SMILES string of the molecule is CC(=O)OC1C(OCCCCCCCCC(=O)O)OC(COC2OC(COC(=O)c3ccccc3)C(OC(=O)c3ccccc3)C(OC(=O)c3ccccc3)C2OC(=O)c2ccccc2)C(O)C1OC1OC(COC(=O)c2ccccc2)C(OC(=O)c2ccccc2)C(OC(=O)c2ccccc2)C1OC(=O)c1ccccc1. The van der Waals surface area contributed by atoms with Crippen molar-refractivity contribution in [2.75, 3.05) is 26.4 Å². The Morgan fingerprint density at radius 2 is 0.571 bits per heavy atom. The van der Waals surface area contributed by atoms with Crippen LogP contribution >= 0.6 is 0 Å². The van der Waals surface area contributed by atoms with Crippen LogP contribution in [0.2, 0.25) is 0 Å². The summed E-state index contributed by atoms with van der Waals surface area (Å²) in [6.45, 7) is -1.58. The molecule has 3 fully saturated rings. The number of aliphatic hydroxyl groups excluding tert-OH is 1. The minimum atomic E-state index is -2.18. The minimum absolute atomic E-state index is 0.00396. The molecule has 3 heterocycles. The third-order valence-corrected chi connectivity index (χ3v) is 18.2. The molecule has 2 N–H and O–H groups in total. The second-order valence-electron chi connectivity index (χ2n) is 26.1. The lowest BCUT2D eigenvalue weighted by Gasteiger charge is -2.48. The molecule has 0 spiro atoms. The molecule has 8 aromatic carbocycles. The van der Waals surface area contributed by atoms with Crippen LogP contribution in [0.1, 0.15) is 135 Å². The average Bonchev–Trinajstić information content (AvgIpc) is 0.755. The molecule has 0 amide bonds. The molecule has 27 nitrogen and oxygen atoms in total. The molecule has 15 atom stereocenters. The molecule has 112 heavy (non-hydrogen) atoms. The Morgan fingerprint density at radius 3 is 0.920 bits per heavy atom. The maximum Gasteiger partial charge on any atom is 0.338 e. The van der Waals surface area contributed by atoms with Crippen LogP contribution in [0.3, 0.4) is 0 Å². The predicted octanol–water partition coefficient (Wildman–Crippen LogP) is 10.8. The Kier molecular flexibility index (Phi) is 29.5. The number of aliphatic hydroxyl groups is 1. The van der Waals surface area contributed by atoms with E-state index in [-0.39, 0.29) is 57.5 Å². The van der Waals surface area contributed by atoms with Gasteiger partial charge in [-0.1, -0.05) is 171 Å². The Bertz CT molecular complexity index is 4390. The van der Waals surface area contributed by atoms with E-state index in [1.807, 2.05) is 0 Å². The number of hydrogen-bond acceptors (Lipinski definition) is 26. The first kappa shape index (κ1) is 81.2. The van der Waals surface area contributed by atoms with Gasteiger partial charge in [0.1, 0.15) is 43.7 Å². The zero-order valence-electron chi connectivity index (χ0n) is 60.6. The maximum atomic E-state index is 14.8. The standard InChI is InChI=1S/C85H82O27/c1-53(86)102-72-69(112-85-74(111-82(97)61-46-28-13-29-47-61)71(109-80(95)59-42-24-11-25-43-59)68(107-78(93)57-38-20-9-21-39-57)64(105-85)52-100-76(91)55-34-16-7-17-35-55)66(89)62(103-83(72)98-49-31-5-3-2-4-30-48-65(87)88)50-101-84-73(110-81(96)60-44-26-12-27-45-60)70(108-79(94)58-40-22-10-23-41-58)67(106-77(92)56-36-18-8-19-37-56)63(104-84)51-99-75(90)54-32-14-6-15-33-54/h6-29,32-47,62-64,66-74,83-85,89H,2-5,30-31,48-52H2,1H3,(H,87,88). The van der Waals surface area contributed by atoms with Crippen LogP contribution in [0.5, 0.6) is 0 Å². The number of unbranched alkanes of at least 4 members (excludes halogenated alkanes) is 5. The molecule has 27 heteroatoms. The number of esters is 9. The Labute approximate surface area is 643 Å². The molecule has 0 bridgehead atoms. The fourth-order valence-electron chi connectivity index (χ4n) is 12.6. The van der Waals surface area contributed by atoms with Crippen molar-refractivity contribution in [3.8, 4) is 0 Å². The molecule has 0 saturated carbocycles. The van der Waals surface area contributed by atoms with E-state index >= 15 is 0 Å². The maximum absolute atomic E-state index is 14.8. The Morgan fingerprint density at radius 1 is 0.295 bits per heavy atom. The second-order valence-corrected chi connectivity index (χ2v) is 26.1. The smallest absolute Gasteiger partial charge is 0.338 e. The van der Waals surface area contributed by atoms with Gasteiger partial charge in [0, 0.05) is 20.0 Å². The van der Waals surface area contributed by atoms with Crippen molar-refractivity contribution in [2.24, 2.45) is 0 Å². The van der Waals surface area contributed by atoms with Gasteiger partial charge in [-0.05, 0) is 110 Å². The number of ether oxygens (including phenoxy) is 15. The van der Waals surface area contributed by atoms with E-state index in [9.17, 15) is 58.2 Å². The fraction of sp³-hybridized carbons (Fsp3) is 0.318. The van der Waals surface area contributed by atoms with Crippen molar-refractivity contribution in [3.63, 3.8) is 0 Å². The quantitative estimate of drug-likeness (QED) is 0.0215. The highest BCUT2D eigenvalue weighted by molar-refractivity contribution is 5.94. The van der Waals surface area contributed by atoms with Gasteiger partial charge in [0.15, 0.2) is 61.6 Å². The van der Waals surface area contributed by atoms with Crippen LogP contribution < -0.4 is 0 Å². The molecule has 3 saturated heterocycles. The average molecular weight is 1540 g/mol.